The lowest BCUT2D eigenvalue weighted by Crippen LogP contribution is -2.41. The van der Waals surface area contributed by atoms with Crippen LogP contribution in [-0.4, -0.2) is 29.1 Å². The molecule has 1 amide bonds. The van der Waals surface area contributed by atoms with Gasteiger partial charge in [-0.2, -0.15) is 0 Å². The minimum atomic E-state index is -0.320. The highest BCUT2D eigenvalue weighted by Gasteiger charge is 2.35. The van der Waals surface area contributed by atoms with Crippen LogP contribution in [0.3, 0.4) is 0 Å². The van der Waals surface area contributed by atoms with E-state index < -0.39 is 0 Å². The summed E-state index contributed by atoms with van der Waals surface area (Å²) >= 11 is 12.4. The third-order valence-electron chi connectivity index (χ3n) is 4.76. The topological polar surface area (TPSA) is 45.3 Å². The molecule has 1 aliphatic heterocycles. The first-order valence-corrected chi connectivity index (χ1v) is 9.33. The number of rotatable bonds is 2. The first-order chi connectivity index (χ1) is 12.6. The number of hydrogen-bond acceptors (Lipinski definition) is 2. The molecule has 4 rings (SSSR count). The number of amides is 1. The molecule has 1 aromatic heterocycles. The van der Waals surface area contributed by atoms with Crippen molar-refractivity contribution in [2.45, 2.75) is 19.4 Å². The molecule has 0 saturated heterocycles. The molecule has 4 nitrogen and oxygen atoms in total. The van der Waals surface area contributed by atoms with Crippen LogP contribution in [-0.2, 0) is 11.2 Å². The van der Waals surface area contributed by atoms with Crippen molar-refractivity contribution >= 4 is 40.2 Å². The first-order valence-electron chi connectivity index (χ1n) is 8.57. The summed E-state index contributed by atoms with van der Waals surface area (Å²) in [5, 5.41) is 2.44. The fourth-order valence-corrected chi connectivity index (χ4v) is 4.06. The second-order valence-corrected chi connectivity index (χ2v) is 7.18. The molecule has 0 aliphatic carbocycles. The third kappa shape index (κ3) is 2.93. The summed E-state index contributed by atoms with van der Waals surface area (Å²) in [7, 11) is 0. The molecule has 1 unspecified atom stereocenters. The maximum absolute atomic E-state index is 12.6. The molecule has 0 bridgehead atoms. The lowest BCUT2D eigenvalue weighted by atomic mass is 9.93. The van der Waals surface area contributed by atoms with E-state index in [0.717, 1.165) is 28.6 Å². The summed E-state index contributed by atoms with van der Waals surface area (Å²) in [5.41, 5.74) is 4.14. The molecule has 3 aromatic rings. The Labute approximate surface area is 161 Å². The summed E-state index contributed by atoms with van der Waals surface area (Å²) in [6.07, 6.45) is 0.422. The zero-order chi connectivity index (χ0) is 18.3. The van der Waals surface area contributed by atoms with Crippen molar-refractivity contribution in [2.24, 2.45) is 0 Å². The molecule has 1 atom stereocenters. The molecule has 2 aromatic carbocycles. The maximum Gasteiger partial charge on any atom is 0.410 e. The molecule has 134 valence electrons. The number of carbonyl (C=O) groups excluding carboxylic acids is 1. The van der Waals surface area contributed by atoms with Crippen molar-refractivity contribution in [2.75, 3.05) is 13.2 Å². The average Bonchev–Trinajstić information content (AvgIpc) is 2.99. The van der Waals surface area contributed by atoms with Crippen LogP contribution in [0.1, 0.15) is 29.8 Å². The molecule has 2 heterocycles. The highest BCUT2D eigenvalue weighted by molar-refractivity contribution is 6.31. The summed E-state index contributed by atoms with van der Waals surface area (Å²) in [5.74, 6) is 0. The minimum Gasteiger partial charge on any atom is -0.450 e. The normalized spacial score (nSPS) is 16.6. The highest BCUT2D eigenvalue weighted by Crippen LogP contribution is 2.39. The molecular formula is C20H18Cl2N2O2. The number of fused-ring (bicyclic) bond motifs is 3. The highest BCUT2D eigenvalue weighted by atomic mass is 35.5. The summed E-state index contributed by atoms with van der Waals surface area (Å²) in [6.45, 7) is 2.72. The van der Waals surface area contributed by atoms with Crippen LogP contribution < -0.4 is 0 Å². The van der Waals surface area contributed by atoms with E-state index in [0.29, 0.717) is 23.2 Å². The fraction of sp³-hybridized carbons (Fsp3) is 0.250. The summed E-state index contributed by atoms with van der Waals surface area (Å²) in [6, 6.07) is 13.1. The minimum absolute atomic E-state index is 0.275. The Hall–Kier alpha value is -2.17. The number of ether oxygens (including phenoxy) is 1. The van der Waals surface area contributed by atoms with E-state index in [1.54, 1.807) is 4.90 Å². The van der Waals surface area contributed by atoms with Crippen LogP contribution in [0.4, 0.5) is 4.79 Å². The lowest BCUT2D eigenvalue weighted by molar-refractivity contribution is 0.0932. The molecule has 0 saturated carbocycles. The fourth-order valence-electron chi connectivity index (χ4n) is 3.69. The van der Waals surface area contributed by atoms with Gasteiger partial charge in [-0.3, -0.25) is 4.90 Å². The van der Waals surface area contributed by atoms with Gasteiger partial charge in [0.25, 0.3) is 0 Å². The van der Waals surface area contributed by atoms with E-state index in [1.165, 1.54) is 5.56 Å². The van der Waals surface area contributed by atoms with Gasteiger partial charge >= 0.3 is 6.09 Å². The van der Waals surface area contributed by atoms with Crippen LogP contribution in [0, 0.1) is 0 Å². The summed E-state index contributed by atoms with van der Waals surface area (Å²) in [4.78, 5) is 17.8. The van der Waals surface area contributed by atoms with Crippen molar-refractivity contribution in [1.82, 2.24) is 9.88 Å². The van der Waals surface area contributed by atoms with Crippen molar-refractivity contribution in [3.05, 3.63) is 69.3 Å². The second kappa shape index (κ2) is 6.86. The van der Waals surface area contributed by atoms with Gasteiger partial charge in [0.2, 0.25) is 0 Å². The van der Waals surface area contributed by atoms with E-state index in [4.69, 9.17) is 27.9 Å². The number of aromatic nitrogens is 1. The van der Waals surface area contributed by atoms with Crippen molar-refractivity contribution < 1.29 is 9.53 Å². The standard InChI is InChI=1S/C20H18Cl2N2O2/c1-2-26-20(25)24-9-8-15-16-11-14(22)6-7-17(16)23-18(15)19(24)12-4-3-5-13(21)10-12/h3-7,10-11,19,23H,2,8-9H2,1H3. The summed E-state index contributed by atoms with van der Waals surface area (Å²) < 4.78 is 5.29. The van der Waals surface area contributed by atoms with Gasteiger partial charge < -0.3 is 9.72 Å². The Balaban J connectivity index is 1.89. The number of hydrogen-bond donors (Lipinski definition) is 1. The number of benzene rings is 2. The number of aromatic amines is 1. The van der Waals surface area contributed by atoms with Crippen LogP contribution in [0.2, 0.25) is 10.0 Å². The number of nitrogens with one attached hydrogen (secondary N) is 1. The maximum atomic E-state index is 12.6. The Morgan fingerprint density at radius 3 is 2.81 bits per heavy atom. The lowest BCUT2D eigenvalue weighted by Gasteiger charge is -2.35. The van der Waals surface area contributed by atoms with Crippen molar-refractivity contribution in [3.63, 3.8) is 0 Å². The van der Waals surface area contributed by atoms with Gasteiger partial charge in [-0.1, -0.05) is 35.3 Å². The molecule has 0 fully saturated rings. The van der Waals surface area contributed by atoms with Crippen LogP contribution in [0.5, 0.6) is 0 Å². The molecule has 6 heteroatoms. The third-order valence-corrected chi connectivity index (χ3v) is 5.23. The van der Waals surface area contributed by atoms with E-state index >= 15 is 0 Å². The monoisotopic (exact) mass is 388 g/mol. The number of nitrogens with zero attached hydrogens (tertiary/aromatic N) is 1. The average molecular weight is 389 g/mol. The molecule has 0 spiro atoms. The van der Waals surface area contributed by atoms with Gasteiger partial charge in [-0.25, -0.2) is 4.79 Å². The van der Waals surface area contributed by atoms with Crippen molar-refractivity contribution in [1.29, 1.82) is 0 Å². The van der Waals surface area contributed by atoms with Gasteiger partial charge in [0, 0.05) is 33.2 Å². The largest absolute Gasteiger partial charge is 0.450 e. The molecule has 0 radical (unpaired) electrons. The Morgan fingerprint density at radius 1 is 1.23 bits per heavy atom. The van der Waals surface area contributed by atoms with Gasteiger partial charge in [-0.05, 0) is 54.8 Å². The predicted octanol–water partition coefficient (Wildman–Crippen LogP) is 5.58. The van der Waals surface area contributed by atoms with Gasteiger partial charge in [-0.15, -0.1) is 0 Å². The Kier molecular flexibility index (Phi) is 4.55. The van der Waals surface area contributed by atoms with Gasteiger partial charge in [0.05, 0.1) is 6.61 Å². The Bertz CT molecular complexity index is 983. The van der Waals surface area contributed by atoms with Gasteiger partial charge in [0.15, 0.2) is 0 Å². The van der Waals surface area contributed by atoms with Crippen LogP contribution in [0.15, 0.2) is 42.5 Å². The second-order valence-electron chi connectivity index (χ2n) is 6.31. The van der Waals surface area contributed by atoms with Gasteiger partial charge in [0.1, 0.15) is 6.04 Å². The molecular weight excluding hydrogens is 371 g/mol. The SMILES string of the molecule is CCOC(=O)N1CCc2c([nH]c3ccc(Cl)cc23)C1c1cccc(Cl)c1. The van der Waals surface area contributed by atoms with Crippen LogP contribution in [0.25, 0.3) is 10.9 Å². The quantitative estimate of drug-likeness (QED) is 0.622. The zero-order valence-corrected chi connectivity index (χ0v) is 15.8. The van der Waals surface area contributed by atoms with E-state index in [9.17, 15) is 4.79 Å². The number of carbonyl (C=O) groups is 1. The first kappa shape index (κ1) is 17.3. The molecule has 1 aliphatic rings. The molecule has 1 N–H and O–H groups in total. The molecule has 26 heavy (non-hydrogen) atoms. The number of H-pyrrole nitrogens is 1. The zero-order valence-electron chi connectivity index (χ0n) is 14.3. The Morgan fingerprint density at radius 2 is 2.04 bits per heavy atom. The number of halogens is 2. The van der Waals surface area contributed by atoms with E-state index in [2.05, 4.69) is 4.98 Å². The van der Waals surface area contributed by atoms with Crippen LogP contribution >= 0.6 is 23.2 Å². The van der Waals surface area contributed by atoms with E-state index in [-0.39, 0.29) is 12.1 Å². The smallest absolute Gasteiger partial charge is 0.410 e. The predicted molar refractivity (Wildman–Crippen MR) is 104 cm³/mol. The van der Waals surface area contributed by atoms with E-state index in [1.807, 2.05) is 49.4 Å². The van der Waals surface area contributed by atoms with Crippen molar-refractivity contribution in [3.8, 4) is 0 Å².